The first-order chi connectivity index (χ1) is 7.51. The van der Waals surface area contributed by atoms with Gasteiger partial charge < -0.3 is 15.5 Å². The molecule has 0 bridgehead atoms. The van der Waals surface area contributed by atoms with Crippen LogP contribution in [0.4, 0.5) is 0 Å². The molecule has 0 aromatic heterocycles. The molecule has 0 radical (unpaired) electrons. The number of nitrogens with one attached hydrogen (secondary N) is 1. The first-order valence-electron chi connectivity index (χ1n) is 5.27. The standard InChI is InChI=1S/C10H20N2O4/c1-8(10(15)16)6-12(4-3-5-13)7-9(14)11-2/h8,13H,3-7H2,1-2H3,(H,11,14)(H,15,16). The first kappa shape index (κ1) is 14.9. The molecule has 6 nitrogen and oxygen atoms in total. The Morgan fingerprint density at radius 1 is 1.44 bits per heavy atom. The summed E-state index contributed by atoms with van der Waals surface area (Å²) in [5.74, 6) is -1.57. The number of carbonyl (C=O) groups is 2. The van der Waals surface area contributed by atoms with Crippen molar-refractivity contribution in [1.29, 1.82) is 0 Å². The highest BCUT2D eigenvalue weighted by atomic mass is 16.4. The van der Waals surface area contributed by atoms with E-state index < -0.39 is 11.9 Å². The summed E-state index contributed by atoms with van der Waals surface area (Å²) in [6.07, 6.45) is 0.531. The number of likely N-dealkylation sites (N-methyl/N-ethyl adjacent to an activating group) is 1. The normalized spacial score (nSPS) is 12.5. The molecule has 6 heteroatoms. The van der Waals surface area contributed by atoms with Gasteiger partial charge in [0, 0.05) is 26.7 Å². The highest BCUT2D eigenvalue weighted by Gasteiger charge is 2.17. The Bertz CT molecular complexity index is 233. The van der Waals surface area contributed by atoms with Gasteiger partial charge in [0.1, 0.15) is 0 Å². The van der Waals surface area contributed by atoms with Crippen molar-refractivity contribution in [2.75, 3.05) is 33.3 Å². The average Bonchev–Trinajstić information content (AvgIpc) is 2.25. The number of carboxylic acid groups (broad SMARTS) is 1. The van der Waals surface area contributed by atoms with Gasteiger partial charge in [-0.05, 0) is 6.42 Å². The van der Waals surface area contributed by atoms with Crippen molar-refractivity contribution in [3.05, 3.63) is 0 Å². The molecule has 94 valence electrons. The Labute approximate surface area is 95.2 Å². The second-order valence-electron chi connectivity index (χ2n) is 3.72. The molecule has 0 heterocycles. The van der Waals surface area contributed by atoms with Gasteiger partial charge in [-0.1, -0.05) is 6.92 Å². The van der Waals surface area contributed by atoms with Crippen molar-refractivity contribution in [2.45, 2.75) is 13.3 Å². The third kappa shape index (κ3) is 6.36. The van der Waals surface area contributed by atoms with E-state index in [1.54, 1.807) is 11.8 Å². The molecule has 0 saturated heterocycles. The van der Waals surface area contributed by atoms with E-state index in [2.05, 4.69) is 5.32 Å². The molecule has 0 aliphatic heterocycles. The van der Waals surface area contributed by atoms with E-state index in [1.165, 1.54) is 7.05 Å². The summed E-state index contributed by atoms with van der Waals surface area (Å²) in [7, 11) is 1.53. The summed E-state index contributed by atoms with van der Waals surface area (Å²) < 4.78 is 0. The predicted molar refractivity (Wildman–Crippen MR) is 59.0 cm³/mol. The van der Waals surface area contributed by atoms with Crippen molar-refractivity contribution in [1.82, 2.24) is 10.2 Å². The molecule has 0 saturated carbocycles. The van der Waals surface area contributed by atoms with Gasteiger partial charge in [0.05, 0.1) is 12.5 Å². The third-order valence-corrected chi connectivity index (χ3v) is 2.23. The molecular formula is C10H20N2O4. The van der Waals surface area contributed by atoms with Crippen molar-refractivity contribution < 1.29 is 19.8 Å². The maximum Gasteiger partial charge on any atom is 0.307 e. The Morgan fingerprint density at radius 3 is 2.50 bits per heavy atom. The van der Waals surface area contributed by atoms with Crippen LogP contribution >= 0.6 is 0 Å². The van der Waals surface area contributed by atoms with Crippen LogP contribution in [-0.2, 0) is 9.59 Å². The Balaban J connectivity index is 4.18. The fraction of sp³-hybridized carbons (Fsp3) is 0.800. The summed E-state index contributed by atoms with van der Waals surface area (Å²) in [6.45, 7) is 2.61. The molecule has 3 N–H and O–H groups in total. The van der Waals surface area contributed by atoms with E-state index in [1.807, 2.05) is 0 Å². The number of carboxylic acids is 1. The number of rotatable bonds is 8. The van der Waals surface area contributed by atoms with E-state index >= 15 is 0 Å². The summed E-state index contributed by atoms with van der Waals surface area (Å²) in [5.41, 5.74) is 0. The molecule has 1 atom stereocenters. The molecular weight excluding hydrogens is 212 g/mol. The lowest BCUT2D eigenvalue weighted by Crippen LogP contribution is -2.40. The minimum Gasteiger partial charge on any atom is -0.481 e. The molecule has 0 aliphatic rings. The zero-order chi connectivity index (χ0) is 12.6. The SMILES string of the molecule is CNC(=O)CN(CCCO)CC(C)C(=O)O. The van der Waals surface area contributed by atoms with Crippen LogP contribution in [0.3, 0.4) is 0 Å². The highest BCUT2D eigenvalue weighted by Crippen LogP contribution is 2.01. The molecule has 0 aromatic rings. The fourth-order valence-electron chi connectivity index (χ4n) is 1.28. The van der Waals surface area contributed by atoms with E-state index in [0.29, 0.717) is 19.5 Å². The zero-order valence-corrected chi connectivity index (χ0v) is 9.77. The van der Waals surface area contributed by atoms with Crippen LogP contribution in [0.15, 0.2) is 0 Å². The number of aliphatic hydroxyl groups excluding tert-OH is 1. The van der Waals surface area contributed by atoms with E-state index in [0.717, 1.165) is 0 Å². The van der Waals surface area contributed by atoms with Gasteiger partial charge in [0.25, 0.3) is 0 Å². The molecule has 0 fully saturated rings. The molecule has 0 aromatic carbocycles. The quantitative estimate of drug-likeness (QED) is 0.506. The average molecular weight is 232 g/mol. The zero-order valence-electron chi connectivity index (χ0n) is 9.77. The number of aliphatic hydroxyl groups is 1. The number of nitrogens with zero attached hydrogens (tertiary/aromatic N) is 1. The maximum atomic E-state index is 11.2. The second kappa shape index (κ2) is 8.06. The minimum atomic E-state index is -0.883. The summed E-state index contributed by atoms with van der Waals surface area (Å²) >= 11 is 0. The lowest BCUT2D eigenvalue weighted by atomic mass is 10.1. The van der Waals surface area contributed by atoms with Gasteiger partial charge in [-0.3, -0.25) is 14.5 Å². The topological polar surface area (TPSA) is 89.9 Å². The molecule has 0 rings (SSSR count). The van der Waals surface area contributed by atoms with Gasteiger partial charge in [-0.2, -0.15) is 0 Å². The second-order valence-corrected chi connectivity index (χ2v) is 3.72. The molecule has 16 heavy (non-hydrogen) atoms. The van der Waals surface area contributed by atoms with Gasteiger partial charge in [0.2, 0.25) is 5.91 Å². The first-order valence-corrected chi connectivity index (χ1v) is 5.27. The maximum absolute atomic E-state index is 11.2. The van der Waals surface area contributed by atoms with Crippen LogP contribution in [-0.4, -0.2) is 60.3 Å². The Hall–Kier alpha value is -1.14. The van der Waals surface area contributed by atoms with Gasteiger partial charge in [0.15, 0.2) is 0 Å². The van der Waals surface area contributed by atoms with Gasteiger partial charge in [-0.25, -0.2) is 0 Å². The summed E-state index contributed by atoms with van der Waals surface area (Å²) in [5, 5.41) is 20.0. The van der Waals surface area contributed by atoms with Crippen LogP contribution in [0.2, 0.25) is 0 Å². The van der Waals surface area contributed by atoms with Crippen molar-refractivity contribution >= 4 is 11.9 Å². The van der Waals surface area contributed by atoms with Crippen LogP contribution in [0, 0.1) is 5.92 Å². The summed E-state index contributed by atoms with van der Waals surface area (Å²) in [6, 6.07) is 0. The number of hydrogen-bond donors (Lipinski definition) is 3. The Morgan fingerprint density at radius 2 is 2.06 bits per heavy atom. The van der Waals surface area contributed by atoms with Crippen LogP contribution < -0.4 is 5.32 Å². The van der Waals surface area contributed by atoms with E-state index in [-0.39, 0.29) is 19.1 Å². The monoisotopic (exact) mass is 232 g/mol. The minimum absolute atomic E-state index is 0.0334. The van der Waals surface area contributed by atoms with Crippen LogP contribution in [0.1, 0.15) is 13.3 Å². The van der Waals surface area contributed by atoms with Crippen molar-refractivity contribution in [2.24, 2.45) is 5.92 Å². The third-order valence-electron chi connectivity index (χ3n) is 2.23. The molecule has 0 spiro atoms. The number of hydrogen-bond acceptors (Lipinski definition) is 4. The predicted octanol–water partition coefficient (Wildman–Crippen LogP) is -0.862. The highest BCUT2D eigenvalue weighted by molar-refractivity contribution is 5.77. The fourth-order valence-corrected chi connectivity index (χ4v) is 1.28. The molecule has 1 amide bonds. The molecule has 1 unspecified atom stereocenters. The van der Waals surface area contributed by atoms with Crippen LogP contribution in [0.5, 0.6) is 0 Å². The largest absolute Gasteiger partial charge is 0.481 e. The number of carbonyl (C=O) groups excluding carboxylic acids is 1. The molecule has 0 aliphatic carbocycles. The number of aliphatic carboxylic acids is 1. The van der Waals surface area contributed by atoms with Gasteiger partial charge in [-0.15, -0.1) is 0 Å². The van der Waals surface area contributed by atoms with Crippen LogP contribution in [0.25, 0.3) is 0 Å². The van der Waals surface area contributed by atoms with E-state index in [4.69, 9.17) is 10.2 Å². The van der Waals surface area contributed by atoms with Gasteiger partial charge >= 0.3 is 5.97 Å². The van der Waals surface area contributed by atoms with Crippen molar-refractivity contribution in [3.63, 3.8) is 0 Å². The Kier molecular flexibility index (Phi) is 7.49. The van der Waals surface area contributed by atoms with E-state index in [9.17, 15) is 9.59 Å². The lowest BCUT2D eigenvalue weighted by molar-refractivity contribution is -0.142. The smallest absolute Gasteiger partial charge is 0.307 e. The van der Waals surface area contributed by atoms with Crippen molar-refractivity contribution in [3.8, 4) is 0 Å². The summed E-state index contributed by atoms with van der Waals surface area (Å²) in [4.78, 5) is 23.6. The lowest BCUT2D eigenvalue weighted by Gasteiger charge is -2.22. The number of amides is 1.